The van der Waals surface area contributed by atoms with E-state index in [-0.39, 0.29) is 0 Å². The number of hydrogen-bond acceptors (Lipinski definition) is 3. The minimum atomic E-state index is 0.848. The molecule has 0 aliphatic rings. The first kappa shape index (κ1) is 17.8. The molecule has 0 saturated heterocycles. The van der Waals surface area contributed by atoms with E-state index in [0.717, 1.165) is 38.4 Å². The number of aryl methyl sites for hydroxylation is 1. The summed E-state index contributed by atoms with van der Waals surface area (Å²) in [4.78, 5) is 6.36. The number of benzene rings is 1. The Morgan fingerprint density at radius 3 is 2.54 bits per heavy atom. The van der Waals surface area contributed by atoms with Crippen molar-refractivity contribution in [2.75, 3.05) is 39.1 Å². The molecule has 0 atom stereocenters. The van der Waals surface area contributed by atoms with Crippen molar-refractivity contribution in [3.63, 3.8) is 0 Å². The number of guanidine groups is 1. The van der Waals surface area contributed by atoms with Gasteiger partial charge in [-0.2, -0.15) is 5.10 Å². The normalized spacial score (nSPS) is 11.4. The summed E-state index contributed by atoms with van der Waals surface area (Å²) in [6.45, 7) is 2.65. The van der Waals surface area contributed by atoms with Gasteiger partial charge < -0.3 is 15.5 Å². The highest BCUT2D eigenvalue weighted by Gasteiger charge is 1.99. The lowest BCUT2D eigenvalue weighted by atomic mass is 10.1. The summed E-state index contributed by atoms with van der Waals surface area (Å²) in [5.74, 6) is 0.848. The van der Waals surface area contributed by atoms with Crippen LogP contribution >= 0.6 is 0 Å². The molecular formula is C18H28N6. The van der Waals surface area contributed by atoms with Crippen LogP contribution in [0.3, 0.4) is 0 Å². The molecule has 0 fully saturated rings. The second-order valence-corrected chi connectivity index (χ2v) is 5.86. The van der Waals surface area contributed by atoms with Gasteiger partial charge in [-0.05, 0) is 36.6 Å². The van der Waals surface area contributed by atoms with Crippen molar-refractivity contribution in [3.05, 3.63) is 48.3 Å². The van der Waals surface area contributed by atoms with Gasteiger partial charge in [-0.1, -0.05) is 12.1 Å². The fourth-order valence-corrected chi connectivity index (χ4v) is 2.39. The fourth-order valence-electron chi connectivity index (χ4n) is 2.39. The lowest BCUT2D eigenvalue weighted by Gasteiger charge is -2.14. The predicted molar refractivity (Wildman–Crippen MR) is 101 cm³/mol. The Bertz CT molecular complexity index is 601. The molecular weight excluding hydrogens is 300 g/mol. The van der Waals surface area contributed by atoms with Gasteiger partial charge in [0.1, 0.15) is 0 Å². The van der Waals surface area contributed by atoms with E-state index in [0.29, 0.717) is 0 Å². The van der Waals surface area contributed by atoms with Crippen molar-refractivity contribution in [2.24, 2.45) is 4.99 Å². The second-order valence-electron chi connectivity index (χ2n) is 5.86. The molecule has 0 saturated carbocycles. The highest BCUT2D eigenvalue weighted by molar-refractivity contribution is 5.79. The maximum Gasteiger partial charge on any atom is 0.190 e. The lowest BCUT2D eigenvalue weighted by Crippen LogP contribution is -2.39. The van der Waals surface area contributed by atoms with Gasteiger partial charge in [-0.3, -0.25) is 9.67 Å². The van der Waals surface area contributed by atoms with Gasteiger partial charge >= 0.3 is 0 Å². The summed E-state index contributed by atoms with van der Waals surface area (Å²) >= 11 is 0. The fraction of sp³-hybridized carbons (Fsp3) is 0.444. The SMILES string of the molecule is CN=C(NCCCn1cccn1)NCCc1ccc(N(C)C)cc1. The summed E-state index contributed by atoms with van der Waals surface area (Å²) in [5.41, 5.74) is 2.55. The third kappa shape index (κ3) is 5.95. The number of anilines is 1. The van der Waals surface area contributed by atoms with Gasteiger partial charge in [0.15, 0.2) is 5.96 Å². The largest absolute Gasteiger partial charge is 0.378 e. The Morgan fingerprint density at radius 1 is 1.17 bits per heavy atom. The molecule has 1 aromatic heterocycles. The van der Waals surface area contributed by atoms with Crippen molar-refractivity contribution in [3.8, 4) is 0 Å². The van der Waals surface area contributed by atoms with Gasteiger partial charge in [0.25, 0.3) is 0 Å². The average molecular weight is 328 g/mol. The molecule has 24 heavy (non-hydrogen) atoms. The van der Waals surface area contributed by atoms with E-state index in [9.17, 15) is 0 Å². The Kier molecular flexibility index (Phi) is 7.14. The minimum Gasteiger partial charge on any atom is -0.378 e. The van der Waals surface area contributed by atoms with Gasteiger partial charge in [0.2, 0.25) is 0 Å². The minimum absolute atomic E-state index is 0.848. The van der Waals surface area contributed by atoms with E-state index in [1.165, 1.54) is 11.3 Å². The quantitative estimate of drug-likeness (QED) is 0.440. The van der Waals surface area contributed by atoms with Crippen LogP contribution in [0.1, 0.15) is 12.0 Å². The highest BCUT2D eigenvalue weighted by atomic mass is 15.3. The van der Waals surface area contributed by atoms with Crippen molar-refractivity contribution < 1.29 is 0 Å². The smallest absolute Gasteiger partial charge is 0.190 e. The molecule has 2 rings (SSSR count). The molecule has 0 radical (unpaired) electrons. The monoisotopic (exact) mass is 328 g/mol. The van der Waals surface area contributed by atoms with E-state index < -0.39 is 0 Å². The molecule has 0 amide bonds. The zero-order chi connectivity index (χ0) is 17.2. The molecule has 0 aliphatic carbocycles. The summed E-state index contributed by atoms with van der Waals surface area (Å²) < 4.78 is 1.94. The summed E-state index contributed by atoms with van der Waals surface area (Å²) in [5, 5.41) is 10.9. The number of nitrogens with zero attached hydrogens (tertiary/aromatic N) is 4. The first-order chi connectivity index (χ1) is 11.7. The van der Waals surface area contributed by atoms with Crippen LogP contribution in [0, 0.1) is 0 Å². The Labute approximate surface area is 144 Å². The van der Waals surface area contributed by atoms with Crippen molar-refractivity contribution >= 4 is 11.6 Å². The third-order valence-electron chi connectivity index (χ3n) is 3.80. The molecule has 0 spiro atoms. The molecule has 1 aromatic carbocycles. The van der Waals surface area contributed by atoms with Gasteiger partial charge in [0.05, 0.1) is 0 Å². The zero-order valence-corrected chi connectivity index (χ0v) is 14.9. The lowest BCUT2D eigenvalue weighted by molar-refractivity contribution is 0.570. The summed E-state index contributed by atoms with van der Waals surface area (Å²) in [6, 6.07) is 10.6. The number of nitrogens with one attached hydrogen (secondary N) is 2. The molecule has 1 heterocycles. The third-order valence-corrected chi connectivity index (χ3v) is 3.80. The van der Waals surface area contributed by atoms with Crippen molar-refractivity contribution in [2.45, 2.75) is 19.4 Å². The van der Waals surface area contributed by atoms with Crippen LogP contribution in [0.15, 0.2) is 47.7 Å². The summed E-state index contributed by atoms with van der Waals surface area (Å²) in [7, 11) is 5.91. The molecule has 130 valence electrons. The molecule has 0 bridgehead atoms. The van der Waals surface area contributed by atoms with Crippen LogP contribution < -0.4 is 15.5 Å². The molecule has 6 heteroatoms. The van der Waals surface area contributed by atoms with E-state index >= 15 is 0 Å². The average Bonchev–Trinajstić information content (AvgIpc) is 3.11. The first-order valence-electron chi connectivity index (χ1n) is 8.37. The zero-order valence-electron chi connectivity index (χ0n) is 14.9. The number of aliphatic imine (C=N–C) groups is 1. The van der Waals surface area contributed by atoms with Gasteiger partial charge in [-0.25, -0.2) is 0 Å². The van der Waals surface area contributed by atoms with Crippen molar-refractivity contribution in [1.82, 2.24) is 20.4 Å². The Morgan fingerprint density at radius 2 is 1.92 bits per heavy atom. The molecule has 6 nitrogen and oxygen atoms in total. The maximum atomic E-state index is 4.26. The maximum absolute atomic E-state index is 4.26. The van der Waals surface area contributed by atoms with Crippen LogP contribution in [0.2, 0.25) is 0 Å². The van der Waals surface area contributed by atoms with Crippen LogP contribution in [-0.4, -0.2) is 50.0 Å². The van der Waals surface area contributed by atoms with Crippen LogP contribution in [0.4, 0.5) is 5.69 Å². The predicted octanol–water partition coefficient (Wildman–Crippen LogP) is 1.75. The van der Waals surface area contributed by atoms with Gasteiger partial charge in [-0.15, -0.1) is 0 Å². The standard InChI is InChI=1S/C18H28N6/c1-19-18(20-11-4-14-24-15-5-12-22-24)21-13-10-16-6-8-17(9-7-16)23(2)3/h5-9,12,15H,4,10-11,13-14H2,1-3H3,(H2,19,20,21). The Balaban J connectivity index is 1.64. The van der Waals surface area contributed by atoms with Gasteiger partial charge in [0, 0.05) is 58.9 Å². The summed E-state index contributed by atoms with van der Waals surface area (Å²) in [6.07, 6.45) is 5.77. The molecule has 2 N–H and O–H groups in total. The van der Waals surface area contributed by atoms with Crippen LogP contribution in [-0.2, 0) is 13.0 Å². The molecule has 0 aliphatic heterocycles. The van der Waals surface area contributed by atoms with E-state index in [2.05, 4.69) is 64.0 Å². The Hall–Kier alpha value is -2.50. The molecule has 2 aromatic rings. The topological polar surface area (TPSA) is 57.5 Å². The van der Waals surface area contributed by atoms with Crippen LogP contribution in [0.5, 0.6) is 0 Å². The number of hydrogen-bond donors (Lipinski definition) is 2. The first-order valence-corrected chi connectivity index (χ1v) is 8.37. The van der Waals surface area contributed by atoms with E-state index in [1.54, 1.807) is 13.2 Å². The van der Waals surface area contributed by atoms with Crippen molar-refractivity contribution in [1.29, 1.82) is 0 Å². The molecule has 0 unspecified atom stereocenters. The highest BCUT2D eigenvalue weighted by Crippen LogP contribution is 2.12. The number of rotatable bonds is 8. The van der Waals surface area contributed by atoms with E-state index in [4.69, 9.17) is 0 Å². The van der Waals surface area contributed by atoms with Crippen LogP contribution in [0.25, 0.3) is 0 Å². The van der Waals surface area contributed by atoms with E-state index in [1.807, 2.05) is 16.9 Å². The number of aromatic nitrogens is 2. The second kappa shape index (κ2) is 9.60.